The van der Waals surface area contributed by atoms with E-state index in [1.807, 2.05) is 0 Å². The molecule has 2 amide bonds. The number of amidine groups is 1. The largest absolute Gasteiger partial charge is 0.394 e. The van der Waals surface area contributed by atoms with Crippen LogP contribution in [0.1, 0.15) is 10.4 Å². The number of carbonyl (C=O) groups is 2. The van der Waals surface area contributed by atoms with Gasteiger partial charge in [0.25, 0.3) is 11.8 Å². The second-order valence-corrected chi connectivity index (χ2v) is 6.37. The zero-order valence-electron chi connectivity index (χ0n) is 14.4. The molecule has 3 aliphatic rings. The monoisotopic (exact) mass is 387 g/mol. The van der Waals surface area contributed by atoms with Gasteiger partial charge in [-0.1, -0.05) is 18.2 Å². The number of aliphatic hydroxyl groups is 3. The van der Waals surface area contributed by atoms with Gasteiger partial charge >= 0.3 is 0 Å². The molecular formula is C17H17N5O6. The molecule has 0 bridgehead atoms. The van der Waals surface area contributed by atoms with Gasteiger partial charge in [-0.2, -0.15) is 9.98 Å². The van der Waals surface area contributed by atoms with Crippen molar-refractivity contribution >= 4 is 29.9 Å². The molecule has 0 spiro atoms. The van der Waals surface area contributed by atoms with E-state index in [1.54, 1.807) is 30.3 Å². The van der Waals surface area contributed by atoms with Crippen LogP contribution in [0.25, 0.3) is 0 Å². The summed E-state index contributed by atoms with van der Waals surface area (Å²) in [6.07, 6.45) is -3.50. The first kappa shape index (κ1) is 18.4. The number of guanidine groups is 1. The number of aliphatic hydroxyl groups excluding tert-OH is 3. The van der Waals surface area contributed by atoms with Crippen LogP contribution in [-0.2, 0) is 9.53 Å². The molecule has 4 N–H and O–H groups in total. The van der Waals surface area contributed by atoms with Crippen LogP contribution in [0, 0.1) is 0 Å². The summed E-state index contributed by atoms with van der Waals surface area (Å²) in [7, 11) is 0. The maximum absolute atomic E-state index is 12.3. The van der Waals surface area contributed by atoms with Crippen molar-refractivity contribution in [2.24, 2.45) is 15.0 Å². The average molecular weight is 387 g/mol. The third-order valence-corrected chi connectivity index (χ3v) is 4.57. The maximum atomic E-state index is 12.3. The van der Waals surface area contributed by atoms with Crippen LogP contribution in [0.5, 0.6) is 0 Å². The van der Waals surface area contributed by atoms with Crippen LogP contribution < -0.4 is 5.32 Å². The number of fused-ring (bicyclic) bond motifs is 1. The highest BCUT2D eigenvalue weighted by atomic mass is 16.6. The lowest BCUT2D eigenvalue weighted by molar-refractivity contribution is -0.119. The van der Waals surface area contributed by atoms with Crippen LogP contribution in [0.3, 0.4) is 0 Å². The predicted molar refractivity (Wildman–Crippen MR) is 95.7 cm³/mol. The molecule has 0 aliphatic carbocycles. The molecule has 0 aromatic heterocycles. The molecule has 1 fully saturated rings. The normalized spacial score (nSPS) is 33.0. The molecule has 1 aromatic carbocycles. The highest BCUT2D eigenvalue weighted by Gasteiger charge is 2.49. The summed E-state index contributed by atoms with van der Waals surface area (Å²) in [6, 6.07) is 7.29. The van der Waals surface area contributed by atoms with Crippen molar-refractivity contribution in [2.45, 2.75) is 30.6 Å². The topological polar surface area (TPSA) is 156 Å². The van der Waals surface area contributed by atoms with Crippen molar-refractivity contribution in [2.75, 3.05) is 6.61 Å². The number of nitrogens with zero attached hydrogens (tertiary/aromatic N) is 4. The number of nitrogens with one attached hydrogen (secondary N) is 1. The van der Waals surface area contributed by atoms with Crippen molar-refractivity contribution in [3.05, 3.63) is 35.9 Å². The standard InChI is InChI=1S/C17H17N5O6/c23-6-9-11(24)12(25)16(28-9)22-7-18-10-13(22)19-17(21-15(10)27)20-14(26)8-4-2-1-3-5-8/h1-5,7,9-12,16,23-25H,6H2,(H,20,21,26,27)/t9-,10?,11-,12-,16-/m1/s1. The van der Waals surface area contributed by atoms with Crippen molar-refractivity contribution in [1.29, 1.82) is 0 Å². The fourth-order valence-electron chi connectivity index (χ4n) is 3.12. The average Bonchev–Trinajstić information content (AvgIpc) is 3.24. The van der Waals surface area contributed by atoms with E-state index in [9.17, 15) is 24.9 Å². The Kier molecular flexibility index (Phi) is 4.73. The number of amides is 2. The van der Waals surface area contributed by atoms with E-state index in [2.05, 4.69) is 20.3 Å². The second kappa shape index (κ2) is 7.20. The maximum Gasteiger partial charge on any atom is 0.280 e. The number of hydrogen-bond donors (Lipinski definition) is 4. The molecule has 28 heavy (non-hydrogen) atoms. The van der Waals surface area contributed by atoms with E-state index in [1.165, 1.54) is 11.2 Å². The summed E-state index contributed by atoms with van der Waals surface area (Å²) in [4.78, 5) is 37.9. The number of carbonyl (C=O) groups excluding carboxylic acids is 2. The predicted octanol–water partition coefficient (Wildman–Crippen LogP) is -2.14. The summed E-state index contributed by atoms with van der Waals surface area (Å²) in [5.41, 5.74) is 0.328. The Morgan fingerprint density at radius 1 is 1.25 bits per heavy atom. The minimum atomic E-state index is -1.36. The summed E-state index contributed by atoms with van der Waals surface area (Å²) in [5.74, 6) is -1.25. The van der Waals surface area contributed by atoms with Crippen molar-refractivity contribution in [3.63, 3.8) is 0 Å². The number of benzene rings is 1. The van der Waals surface area contributed by atoms with Crippen LogP contribution in [-0.4, -0.2) is 87.4 Å². The molecule has 1 saturated heterocycles. The van der Waals surface area contributed by atoms with Crippen LogP contribution in [0.15, 0.2) is 45.3 Å². The van der Waals surface area contributed by atoms with Crippen LogP contribution in [0.2, 0.25) is 0 Å². The molecule has 146 valence electrons. The summed E-state index contributed by atoms with van der Waals surface area (Å²) < 4.78 is 5.45. The third-order valence-electron chi connectivity index (χ3n) is 4.57. The number of aliphatic imine (C=N–C) groups is 3. The highest BCUT2D eigenvalue weighted by molar-refractivity contribution is 6.25. The van der Waals surface area contributed by atoms with E-state index < -0.39 is 49.0 Å². The van der Waals surface area contributed by atoms with E-state index in [4.69, 9.17) is 4.74 Å². The fourth-order valence-corrected chi connectivity index (χ4v) is 3.12. The molecule has 11 nitrogen and oxygen atoms in total. The lowest BCUT2D eigenvalue weighted by Gasteiger charge is -2.28. The van der Waals surface area contributed by atoms with Gasteiger partial charge in [0.1, 0.15) is 18.3 Å². The molecule has 4 rings (SSSR count). The lowest BCUT2D eigenvalue weighted by Crippen LogP contribution is -2.53. The van der Waals surface area contributed by atoms with Gasteiger partial charge in [-0.15, -0.1) is 0 Å². The van der Waals surface area contributed by atoms with Gasteiger partial charge in [-0.3, -0.25) is 24.8 Å². The van der Waals surface area contributed by atoms with E-state index in [0.717, 1.165) is 0 Å². The van der Waals surface area contributed by atoms with Gasteiger partial charge in [0.2, 0.25) is 5.96 Å². The summed E-state index contributed by atoms with van der Waals surface area (Å²) in [6.45, 7) is -0.492. The first-order valence-electron chi connectivity index (χ1n) is 8.51. The minimum Gasteiger partial charge on any atom is -0.394 e. The smallest absolute Gasteiger partial charge is 0.280 e. The molecule has 1 unspecified atom stereocenters. The van der Waals surface area contributed by atoms with Crippen LogP contribution >= 0.6 is 0 Å². The van der Waals surface area contributed by atoms with Crippen molar-refractivity contribution in [3.8, 4) is 0 Å². The molecular weight excluding hydrogens is 370 g/mol. The Bertz CT molecular complexity index is 885. The summed E-state index contributed by atoms with van der Waals surface area (Å²) >= 11 is 0. The Balaban J connectivity index is 1.62. The Morgan fingerprint density at radius 2 is 2.00 bits per heavy atom. The molecule has 0 radical (unpaired) electrons. The van der Waals surface area contributed by atoms with E-state index in [0.29, 0.717) is 5.56 Å². The van der Waals surface area contributed by atoms with Crippen LogP contribution in [0.4, 0.5) is 0 Å². The molecule has 1 aromatic rings. The molecule has 5 atom stereocenters. The van der Waals surface area contributed by atoms with Gasteiger partial charge in [-0.05, 0) is 12.1 Å². The zero-order chi connectivity index (χ0) is 19.8. The number of hydrogen-bond acceptors (Lipinski definition) is 8. The van der Waals surface area contributed by atoms with Crippen molar-refractivity contribution in [1.82, 2.24) is 10.2 Å². The van der Waals surface area contributed by atoms with E-state index in [-0.39, 0.29) is 11.8 Å². The van der Waals surface area contributed by atoms with Gasteiger partial charge in [0.05, 0.1) is 12.9 Å². The van der Waals surface area contributed by atoms with Gasteiger partial charge in [0, 0.05) is 5.56 Å². The Labute approximate surface area is 158 Å². The number of ether oxygens (including phenoxy) is 1. The van der Waals surface area contributed by atoms with Gasteiger partial charge in [-0.25, -0.2) is 0 Å². The lowest BCUT2D eigenvalue weighted by atomic mass is 10.1. The molecule has 0 saturated carbocycles. The van der Waals surface area contributed by atoms with E-state index >= 15 is 0 Å². The highest BCUT2D eigenvalue weighted by Crippen LogP contribution is 2.27. The Hall–Kier alpha value is -2.99. The van der Waals surface area contributed by atoms with Gasteiger partial charge < -0.3 is 20.1 Å². The fraction of sp³-hybridized carbons (Fsp3) is 0.353. The second-order valence-electron chi connectivity index (χ2n) is 6.37. The first-order chi connectivity index (χ1) is 13.5. The molecule has 11 heteroatoms. The zero-order valence-corrected chi connectivity index (χ0v) is 14.4. The quantitative estimate of drug-likeness (QED) is 0.461. The molecule has 3 aliphatic heterocycles. The van der Waals surface area contributed by atoms with Crippen molar-refractivity contribution < 1.29 is 29.6 Å². The van der Waals surface area contributed by atoms with Gasteiger partial charge in [0.15, 0.2) is 18.1 Å². The molecule has 3 heterocycles. The SMILES string of the molecule is O=C(N=C1N=C2C(N=CN2[C@@H]2O[C@H](CO)[C@@H](O)[C@H]2O)C(=O)N1)c1ccccc1. The summed E-state index contributed by atoms with van der Waals surface area (Å²) in [5, 5.41) is 31.8. The third kappa shape index (κ3) is 3.10. The Morgan fingerprint density at radius 3 is 2.68 bits per heavy atom. The number of rotatable bonds is 3. The first-order valence-corrected chi connectivity index (χ1v) is 8.51. The minimum absolute atomic E-state index is 0.0956.